The Hall–Kier alpha value is -1.85. The second-order valence-corrected chi connectivity index (χ2v) is 4.04. The van der Waals surface area contributed by atoms with Crippen LogP contribution in [0.4, 0.5) is 17.2 Å². The highest BCUT2D eigenvalue weighted by Crippen LogP contribution is 2.22. The first kappa shape index (κ1) is 12.6. The van der Waals surface area contributed by atoms with Gasteiger partial charge in [-0.15, -0.1) is 0 Å². The highest BCUT2D eigenvalue weighted by molar-refractivity contribution is 6.28. The molecule has 18 heavy (non-hydrogen) atoms. The molecular formula is C12H13ClN4O. The molecule has 0 aliphatic carbocycles. The number of nitrogens with one attached hydrogen (secondary N) is 1. The first-order chi connectivity index (χ1) is 8.69. The van der Waals surface area contributed by atoms with Crippen molar-refractivity contribution >= 4 is 28.8 Å². The van der Waals surface area contributed by atoms with Crippen LogP contribution < -0.4 is 11.1 Å². The monoisotopic (exact) mass is 264 g/mol. The largest absolute Gasteiger partial charge is 0.394 e. The minimum atomic E-state index is 0.153. The van der Waals surface area contributed by atoms with Crippen molar-refractivity contribution in [3.8, 4) is 0 Å². The minimum Gasteiger partial charge on any atom is -0.394 e. The molecule has 6 heteroatoms. The van der Waals surface area contributed by atoms with E-state index in [1.165, 1.54) is 6.20 Å². The fourth-order valence-electron chi connectivity index (χ4n) is 1.51. The Bertz CT molecular complexity index is 547. The number of nitrogens with two attached hydrogens (primary N) is 1. The second kappa shape index (κ2) is 5.66. The van der Waals surface area contributed by atoms with Crippen LogP contribution in [0, 0.1) is 0 Å². The highest BCUT2D eigenvalue weighted by atomic mass is 35.5. The molecule has 94 valence electrons. The van der Waals surface area contributed by atoms with Crippen molar-refractivity contribution in [2.45, 2.75) is 6.61 Å². The van der Waals surface area contributed by atoms with Crippen LogP contribution in [0.15, 0.2) is 30.5 Å². The van der Waals surface area contributed by atoms with E-state index >= 15 is 0 Å². The van der Waals surface area contributed by atoms with E-state index in [9.17, 15) is 0 Å². The van der Waals surface area contributed by atoms with Crippen molar-refractivity contribution in [2.75, 3.05) is 18.2 Å². The molecule has 0 saturated heterocycles. The van der Waals surface area contributed by atoms with Gasteiger partial charge < -0.3 is 15.8 Å². The van der Waals surface area contributed by atoms with Crippen LogP contribution in [0.25, 0.3) is 0 Å². The molecule has 0 fully saturated rings. The number of benzene rings is 1. The van der Waals surface area contributed by atoms with E-state index < -0.39 is 0 Å². The number of methoxy groups -OCH3 is 1. The molecule has 0 saturated carbocycles. The number of nitrogen functional groups attached to an aromatic ring is 1. The number of ether oxygens (including phenoxy) is 1. The van der Waals surface area contributed by atoms with Crippen molar-refractivity contribution in [3.05, 3.63) is 41.3 Å². The predicted octanol–water partition coefficient (Wildman–Crippen LogP) is 2.60. The van der Waals surface area contributed by atoms with Crippen LogP contribution >= 0.6 is 11.6 Å². The number of nitrogens with zero attached hydrogens (tertiary/aromatic N) is 2. The van der Waals surface area contributed by atoms with Gasteiger partial charge in [0.25, 0.3) is 0 Å². The Balaban J connectivity index is 2.22. The van der Waals surface area contributed by atoms with E-state index in [0.29, 0.717) is 18.1 Å². The maximum Gasteiger partial charge on any atom is 0.224 e. The standard InChI is InChI=1S/C12H13ClN4O/c1-18-7-8-3-2-4-9(5-8)16-11-10(14)6-15-12(13)17-11/h2-6H,7,14H2,1H3,(H,15,16,17). The van der Waals surface area contributed by atoms with Gasteiger partial charge in [-0.3, -0.25) is 0 Å². The Morgan fingerprint density at radius 1 is 1.44 bits per heavy atom. The summed E-state index contributed by atoms with van der Waals surface area (Å²) in [6.07, 6.45) is 1.47. The third-order valence-corrected chi connectivity index (χ3v) is 2.47. The summed E-state index contributed by atoms with van der Waals surface area (Å²) in [5, 5.41) is 3.25. The summed E-state index contributed by atoms with van der Waals surface area (Å²) in [7, 11) is 1.66. The maximum absolute atomic E-state index is 5.76. The number of aromatic nitrogens is 2. The van der Waals surface area contributed by atoms with E-state index in [-0.39, 0.29) is 5.28 Å². The zero-order valence-electron chi connectivity index (χ0n) is 9.85. The second-order valence-electron chi connectivity index (χ2n) is 3.70. The number of hydrogen-bond acceptors (Lipinski definition) is 5. The van der Waals surface area contributed by atoms with Crippen LogP contribution in [0.1, 0.15) is 5.56 Å². The molecule has 0 amide bonds. The lowest BCUT2D eigenvalue weighted by Gasteiger charge is -2.09. The van der Waals surface area contributed by atoms with E-state index in [0.717, 1.165) is 11.3 Å². The fraction of sp³-hybridized carbons (Fsp3) is 0.167. The molecule has 2 aromatic rings. The SMILES string of the molecule is COCc1cccc(Nc2nc(Cl)ncc2N)c1. The van der Waals surface area contributed by atoms with Crippen LogP contribution in [0.5, 0.6) is 0 Å². The smallest absolute Gasteiger partial charge is 0.224 e. The number of anilines is 3. The molecule has 1 aromatic heterocycles. The van der Waals surface area contributed by atoms with Gasteiger partial charge in [0.15, 0.2) is 5.82 Å². The average Bonchev–Trinajstić information content (AvgIpc) is 2.35. The third kappa shape index (κ3) is 3.09. The molecule has 0 radical (unpaired) electrons. The molecule has 0 unspecified atom stereocenters. The van der Waals surface area contributed by atoms with E-state index in [4.69, 9.17) is 22.1 Å². The summed E-state index contributed by atoms with van der Waals surface area (Å²) >= 11 is 5.73. The van der Waals surface area contributed by atoms with E-state index in [2.05, 4.69) is 15.3 Å². The van der Waals surface area contributed by atoms with E-state index in [1.54, 1.807) is 7.11 Å². The summed E-state index contributed by atoms with van der Waals surface area (Å²) in [5.74, 6) is 0.490. The maximum atomic E-state index is 5.76. The van der Waals surface area contributed by atoms with Gasteiger partial charge in [0.05, 0.1) is 18.5 Å². The Kier molecular flexibility index (Phi) is 3.96. The van der Waals surface area contributed by atoms with Gasteiger partial charge in [0.1, 0.15) is 0 Å². The van der Waals surface area contributed by atoms with Crippen molar-refractivity contribution in [1.29, 1.82) is 0 Å². The van der Waals surface area contributed by atoms with Gasteiger partial charge in [0, 0.05) is 12.8 Å². The van der Waals surface area contributed by atoms with Gasteiger partial charge in [-0.05, 0) is 29.3 Å². The van der Waals surface area contributed by atoms with Crippen molar-refractivity contribution in [2.24, 2.45) is 0 Å². The molecule has 1 heterocycles. The molecule has 0 bridgehead atoms. The zero-order chi connectivity index (χ0) is 13.0. The molecule has 2 rings (SSSR count). The van der Waals surface area contributed by atoms with Crippen LogP contribution in [-0.2, 0) is 11.3 Å². The summed E-state index contributed by atoms with van der Waals surface area (Å²) in [6.45, 7) is 0.551. The van der Waals surface area contributed by atoms with Gasteiger partial charge in [-0.25, -0.2) is 4.98 Å². The Morgan fingerprint density at radius 2 is 2.28 bits per heavy atom. The average molecular weight is 265 g/mol. The van der Waals surface area contributed by atoms with Gasteiger partial charge >= 0.3 is 0 Å². The topological polar surface area (TPSA) is 73.1 Å². The molecule has 0 aliphatic heterocycles. The Labute approximate surface area is 110 Å². The molecule has 0 aliphatic rings. The van der Waals surface area contributed by atoms with Crippen LogP contribution in [0.3, 0.4) is 0 Å². The van der Waals surface area contributed by atoms with Gasteiger partial charge in [0.2, 0.25) is 5.28 Å². The quantitative estimate of drug-likeness (QED) is 0.831. The molecule has 3 N–H and O–H groups in total. The van der Waals surface area contributed by atoms with Gasteiger partial charge in [-0.1, -0.05) is 12.1 Å². The molecule has 0 atom stereocenters. The highest BCUT2D eigenvalue weighted by Gasteiger charge is 2.04. The number of rotatable bonds is 4. The van der Waals surface area contributed by atoms with Crippen molar-refractivity contribution < 1.29 is 4.74 Å². The predicted molar refractivity (Wildman–Crippen MR) is 71.9 cm³/mol. The summed E-state index contributed by atoms with van der Waals surface area (Å²) in [6, 6.07) is 7.77. The lowest BCUT2D eigenvalue weighted by atomic mass is 10.2. The summed E-state index contributed by atoms with van der Waals surface area (Å²) < 4.78 is 5.08. The summed E-state index contributed by atoms with van der Waals surface area (Å²) in [4.78, 5) is 7.83. The first-order valence-electron chi connectivity index (χ1n) is 5.32. The Morgan fingerprint density at radius 3 is 3.06 bits per heavy atom. The van der Waals surface area contributed by atoms with Crippen molar-refractivity contribution in [3.63, 3.8) is 0 Å². The number of halogens is 1. The molecular weight excluding hydrogens is 252 g/mol. The molecule has 5 nitrogen and oxygen atoms in total. The van der Waals surface area contributed by atoms with Crippen LogP contribution in [0.2, 0.25) is 5.28 Å². The lowest BCUT2D eigenvalue weighted by Crippen LogP contribution is -2.01. The van der Waals surface area contributed by atoms with Crippen molar-refractivity contribution in [1.82, 2.24) is 9.97 Å². The lowest BCUT2D eigenvalue weighted by molar-refractivity contribution is 0.185. The van der Waals surface area contributed by atoms with Crippen LogP contribution in [-0.4, -0.2) is 17.1 Å². The first-order valence-corrected chi connectivity index (χ1v) is 5.70. The third-order valence-electron chi connectivity index (χ3n) is 2.29. The van der Waals surface area contributed by atoms with Gasteiger partial charge in [-0.2, -0.15) is 4.98 Å². The fourth-order valence-corrected chi connectivity index (χ4v) is 1.65. The zero-order valence-corrected chi connectivity index (χ0v) is 10.6. The molecule has 0 spiro atoms. The number of hydrogen-bond donors (Lipinski definition) is 2. The normalized spacial score (nSPS) is 10.3. The summed E-state index contributed by atoms with van der Waals surface area (Å²) in [5.41, 5.74) is 8.13. The minimum absolute atomic E-state index is 0.153. The molecule has 1 aromatic carbocycles. The van der Waals surface area contributed by atoms with E-state index in [1.807, 2.05) is 24.3 Å².